The van der Waals surface area contributed by atoms with Crippen molar-refractivity contribution >= 4 is 20.3 Å². The fraction of sp³-hybridized carbons (Fsp3) is 0.364. The van der Waals surface area contributed by atoms with Gasteiger partial charge in [-0.05, 0) is 58.2 Å². The molecule has 0 saturated carbocycles. The lowest BCUT2D eigenvalue weighted by Crippen LogP contribution is -2.51. The van der Waals surface area contributed by atoms with E-state index in [4.69, 9.17) is 4.52 Å². The molecule has 3 heterocycles. The molecule has 2 aromatic heterocycles. The molecule has 0 radical (unpaired) electrons. The van der Waals surface area contributed by atoms with E-state index in [9.17, 15) is 22.0 Å². The maximum absolute atomic E-state index is 14.4. The van der Waals surface area contributed by atoms with E-state index < -0.39 is 37.7 Å². The number of aromatic nitrogens is 2. The Morgan fingerprint density at radius 2 is 1.59 bits per heavy atom. The van der Waals surface area contributed by atoms with E-state index in [-0.39, 0.29) is 34.8 Å². The van der Waals surface area contributed by atoms with E-state index in [1.807, 2.05) is 18.5 Å². The highest BCUT2D eigenvalue weighted by Crippen LogP contribution is 2.44. The minimum Gasteiger partial charge on any atom is -0.379 e. The van der Waals surface area contributed by atoms with Crippen LogP contribution < -0.4 is 0 Å². The molecule has 11 heteroatoms. The van der Waals surface area contributed by atoms with Gasteiger partial charge in [0, 0.05) is 30.5 Å². The second-order valence-electron chi connectivity index (χ2n) is 12.2. The summed E-state index contributed by atoms with van der Waals surface area (Å²) in [5.74, 6) is -1.74. The number of amidine groups is 1. The molecular weight excluding hydrogens is 591 g/mol. The smallest absolute Gasteiger partial charge is 0.379 e. The number of hydrogen-bond donors (Lipinski definition) is 0. The fourth-order valence-corrected chi connectivity index (χ4v) is 13.4. The summed E-state index contributed by atoms with van der Waals surface area (Å²) < 4.78 is 78.6. The zero-order valence-corrected chi connectivity index (χ0v) is 26.5. The van der Waals surface area contributed by atoms with Crippen LogP contribution >= 0.6 is 0 Å². The number of aliphatic imine (C=N–C) groups is 2. The molecule has 0 N–H and O–H groups in total. The standard InChI is InChI=1S/C33H35F5N4OSi/c1-19(2)44(20(3)4,21(5)6)42-13-12-23(18-42)22-10-11-26(28(14-22)33(36,37)38)30-16-25(43-41-30)15-24-17-39-32(40-24)27-8-7-9-29(34)31(27)35/h7-14,16-21,24H,15H2,1-6H3. The SMILES string of the molecule is CC(C)[Si](C(C)C)(C(C)C)n1ccc(-c2ccc(-c3cc(CC4C=NC(c5cccc(F)c5F)=N4)on3)c(C(F)(F)F)c2)c1. The van der Waals surface area contributed by atoms with E-state index in [0.717, 1.165) is 11.6 Å². The van der Waals surface area contributed by atoms with E-state index >= 15 is 0 Å². The van der Waals surface area contributed by atoms with E-state index in [1.54, 1.807) is 6.07 Å². The topological polar surface area (TPSA) is 55.7 Å². The Morgan fingerprint density at radius 3 is 2.25 bits per heavy atom. The van der Waals surface area contributed by atoms with Gasteiger partial charge in [0.05, 0.1) is 17.2 Å². The highest BCUT2D eigenvalue weighted by atomic mass is 28.3. The molecule has 4 aromatic rings. The third-order valence-electron chi connectivity index (χ3n) is 8.67. The Balaban J connectivity index is 1.43. The van der Waals surface area contributed by atoms with Gasteiger partial charge >= 0.3 is 6.18 Å². The molecule has 44 heavy (non-hydrogen) atoms. The van der Waals surface area contributed by atoms with E-state index in [1.165, 1.54) is 36.5 Å². The first-order chi connectivity index (χ1) is 20.7. The quantitative estimate of drug-likeness (QED) is 0.137. The van der Waals surface area contributed by atoms with Crippen molar-refractivity contribution < 1.29 is 26.5 Å². The van der Waals surface area contributed by atoms with Crippen LogP contribution in [0.25, 0.3) is 22.4 Å². The van der Waals surface area contributed by atoms with Crippen LogP contribution in [0.2, 0.25) is 16.6 Å². The van der Waals surface area contributed by atoms with Crippen molar-refractivity contribution in [2.45, 2.75) is 76.8 Å². The Bertz CT molecular complexity index is 1700. The average Bonchev–Trinajstić information content (AvgIpc) is 3.71. The predicted octanol–water partition coefficient (Wildman–Crippen LogP) is 9.57. The van der Waals surface area contributed by atoms with Crippen LogP contribution in [0.15, 0.2) is 75.4 Å². The van der Waals surface area contributed by atoms with Crippen molar-refractivity contribution in [3.05, 3.63) is 89.4 Å². The minimum atomic E-state index is -4.63. The zero-order chi connectivity index (χ0) is 32.0. The Hall–Kier alpha value is -3.86. The molecule has 1 aliphatic rings. The number of halogens is 5. The van der Waals surface area contributed by atoms with Crippen LogP contribution in [0.3, 0.4) is 0 Å². The monoisotopic (exact) mass is 626 g/mol. The number of benzene rings is 2. The van der Waals surface area contributed by atoms with Gasteiger partial charge in [-0.15, -0.1) is 0 Å². The van der Waals surface area contributed by atoms with Gasteiger partial charge in [-0.25, -0.2) is 13.8 Å². The molecule has 0 amide bonds. The van der Waals surface area contributed by atoms with Gasteiger partial charge in [0.25, 0.3) is 0 Å². The highest BCUT2D eigenvalue weighted by molar-refractivity contribution is 6.82. The van der Waals surface area contributed by atoms with Crippen molar-refractivity contribution in [2.75, 3.05) is 0 Å². The van der Waals surface area contributed by atoms with Crippen LogP contribution in [0.5, 0.6) is 0 Å². The summed E-state index contributed by atoms with van der Waals surface area (Å²) in [6, 6.07) is 10.8. The van der Waals surface area contributed by atoms with Crippen LogP contribution in [0, 0.1) is 11.6 Å². The summed E-state index contributed by atoms with van der Waals surface area (Å²) in [5.41, 5.74) is 1.56. The number of rotatable bonds is 9. The number of nitrogens with zero attached hydrogens (tertiary/aromatic N) is 4. The van der Waals surface area contributed by atoms with Gasteiger partial charge in [0.15, 0.2) is 25.7 Å². The van der Waals surface area contributed by atoms with E-state index in [0.29, 0.717) is 22.2 Å². The summed E-state index contributed by atoms with van der Waals surface area (Å²) in [5, 5.41) is 3.93. The van der Waals surface area contributed by atoms with Gasteiger partial charge in [-0.2, -0.15) is 13.2 Å². The second-order valence-corrected chi connectivity index (χ2v) is 18.0. The van der Waals surface area contributed by atoms with Crippen LogP contribution in [-0.2, 0) is 12.6 Å². The van der Waals surface area contributed by atoms with Gasteiger partial charge < -0.3 is 8.76 Å². The third-order valence-corrected chi connectivity index (χ3v) is 15.4. The fourth-order valence-electron chi connectivity index (χ4n) is 6.92. The molecule has 5 nitrogen and oxygen atoms in total. The first-order valence-electron chi connectivity index (χ1n) is 14.7. The van der Waals surface area contributed by atoms with Crippen LogP contribution in [0.4, 0.5) is 22.0 Å². The Morgan fingerprint density at radius 1 is 0.886 bits per heavy atom. The van der Waals surface area contributed by atoms with Crippen molar-refractivity contribution in [2.24, 2.45) is 9.98 Å². The molecule has 1 unspecified atom stereocenters. The molecule has 5 rings (SSSR count). The lowest BCUT2D eigenvalue weighted by Gasteiger charge is -2.44. The predicted molar refractivity (Wildman–Crippen MR) is 166 cm³/mol. The average molecular weight is 627 g/mol. The largest absolute Gasteiger partial charge is 0.417 e. The van der Waals surface area contributed by atoms with E-state index in [2.05, 4.69) is 60.9 Å². The van der Waals surface area contributed by atoms with Gasteiger partial charge in [-0.3, -0.25) is 4.99 Å². The van der Waals surface area contributed by atoms with Crippen molar-refractivity contribution in [1.82, 2.24) is 9.39 Å². The van der Waals surface area contributed by atoms with Crippen LogP contribution in [0.1, 0.15) is 58.4 Å². The highest BCUT2D eigenvalue weighted by Gasteiger charge is 2.45. The Kier molecular flexibility index (Phi) is 8.54. The zero-order valence-electron chi connectivity index (χ0n) is 25.5. The lowest BCUT2D eigenvalue weighted by atomic mass is 9.98. The molecular formula is C33H35F5N4OSi. The van der Waals surface area contributed by atoms with Crippen molar-refractivity contribution in [3.63, 3.8) is 0 Å². The second kappa shape index (κ2) is 11.9. The first-order valence-corrected chi connectivity index (χ1v) is 16.8. The van der Waals surface area contributed by atoms with Crippen molar-refractivity contribution in [3.8, 4) is 22.4 Å². The molecule has 0 saturated heterocycles. The lowest BCUT2D eigenvalue weighted by molar-refractivity contribution is -0.137. The summed E-state index contributed by atoms with van der Waals surface area (Å²) in [4.78, 5) is 8.40. The molecule has 2 aromatic carbocycles. The molecule has 0 aliphatic carbocycles. The van der Waals surface area contributed by atoms with Gasteiger partial charge in [-0.1, -0.05) is 64.9 Å². The molecule has 232 valence electrons. The van der Waals surface area contributed by atoms with Crippen LogP contribution in [-0.4, -0.2) is 35.7 Å². The minimum absolute atomic E-state index is 0.0330. The maximum Gasteiger partial charge on any atom is 0.417 e. The summed E-state index contributed by atoms with van der Waals surface area (Å²) in [7, 11) is -2.05. The molecule has 0 spiro atoms. The van der Waals surface area contributed by atoms with Gasteiger partial charge in [0.2, 0.25) is 0 Å². The van der Waals surface area contributed by atoms with Crippen molar-refractivity contribution in [1.29, 1.82) is 0 Å². The number of alkyl halides is 3. The molecule has 0 fully saturated rings. The molecule has 1 atom stereocenters. The normalized spacial score (nSPS) is 15.7. The summed E-state index contributed by atoms with van der Waals surface area (Å²) in [6.45, 7) is 13.4. The number of hydrogen-bond acceptors (Lipinski definition) is 4. The maximum atomic E-state index is 14.4. The molecule has 0 bridgehead atoms. The first kappa shape index (κ1) is 31.6. The van der Waals surface area contributed by atoms with Gasteiger partial charge in [0.1, 0.15) is 11.5 Å². The Labute approximate surface area is 254 Å². The summed E-state index contributed by atoms with van der Waals surface area (Å²) in [6.07, 6.45) is 0.987. The third kappa shape index (κ3) is 5.69. The summed E-state index contributed by atoms with van der Waals surface area (Å²) >= 11 is 0. The molecule has 1 aliphatic heterocycles.